The molecule has 3 rings (SSSR count). The van der Waals surface area contributed by atoms with Crippen LogP contribution in [-0.2, 0) is 4.79 Å². The Labute approximate surface area is 188 Å². The van der Waals surface area contributed by atoms with Crippen LogP contribution >= 0.6 is 11.8 Å². The quantitative estimate of drug-likeness (QED) is 0.221. The highest BCUT2D eigenvalue weighted by Gasteiger charge is 2.12. The average molecular weight is 449 g/mol. The lowest BCUT2D eigenvalue weighted by atomic mass is 10.1. The minimum atomic E-state index is -0.555. The summed E-state index contributed by atoms with van der Waals surface area (Å²) < 4.78 is 0. The van der Waals surface area contributed by atoms with Crippen LogP contribution in [0.2, 0.25) is 0 Å². The van der Waals surface area contributed by atoms with Gasteiger partial charge < -0.3 is 10.6 Å². The summed E-state index contributed by atoms with van der Waals surface area (Å²) >= 11 is 1.33. The number of nitro groups is 1. The monoisotopic (exact) mass is 449 g/mol. The zero-order valence-corrected chi connectivity index (χ0v) is 17.8. The minimum absolute atomic E-state index is 0.0387. The first-order valence-corrected chi connectivity index (χ1v) is 10.5. The van der Waals surface area contributed by atoms with Crippen LogP contribution < -0.4 is 10.6 Å². The molecule has 0 heterocycles. The zero-order valence-electron chi connectivity index (χ0n) is 17.0. The molecule has 0 aliphatic heterocycles. The molecule has 2 amide bonds. The Kier molecular flexibility index (Phi) is 7.35. The third kappa shape index (κ3) is 6.26. The molecule has 0 spiro atoms. The van der Waals surface area contributed by atoms with E-state index in [1.54, 1.807) is 48.5 Å². The summed E-state index contributed by atoms with van der Waals surface area (Å²) in [4.78, 5) is 46.9. The summed E-state index contributed by atoms with van der Waals surface area (Å²) in [6, 6.07) is 19.1. The van der Waals surface area contributed by atoms with Gasteiger partial charge >= 0.3 is 0 Å². The van der Waals surface area contributed by atoms with Crippen molar-refractivity contribution in [1.29, 1.82) is 0 Å². The third-order valence-corrected chi connectivity index (χ3v) is 5.39. The molecule has 0 aromatic heterocycles. The van der Waals surface area contributed by atoms with Crippen LogP contribution in [0.4, 0.5) is 17.1 Å². The van der Waals surface area contributed by atoms with Gasteiger partial charge in [-0.1, -0.05) is 6.07 Å². The Hall–Kier alpha value is -3.98. The second-order valence-corrected chi connectivity index (χ2v) is 7.81. The average Bonchev–Trinajstić information content (AvgIpc) is 2.79. The fraction of sp³-hybridized carbons (Fsp3) is 0.0870. The van der Waals surface area contributed by atoms with E-state index in [2.05, 4.69) is 10.6 Å². The summed E-state index contributed by atoms with van der Waals surface area (Å²) in [6.45, 7) is 1.48. The Morgan fingerprint density at radius 1 is 0.875 bits per heavy atom. The number of nitrogens with one attached hydrogen (secondary N) is 2. The molecule has 0 radical (unpaired) electrons. The van der Waals surface area contributed by atoms with Crippen LogP contribution in [0.5, 0.6) is 0 Å². The normalized spacial score (nSPS) is 10.3. The number of Topliss-reactive ketones (excluding diaryl/α,β-unsaturated/α-hetero) is 1. The largest absolute Gasteiger partial charge is 0.325 e. The number of anilines is 2. The lowest BCUT2D eigenvalue weighted by molar-refractivity contribution is -0.384. The van der Waals surface area contributed by atoms with Crippen molar-refractivity contribution in [2.45, 2.75) is 11.8 Å². The van der Waals surface area contributed by atoms with Gasteiger partial charge in [0.1, 0.15) is 0 Å². The molecule has 0 unspecified atom stereocenters. The Balaban J connectivity index is 1.51. The highest BCUT2D eigenvalue weighted by atomic mass is 32.2. The number of carbonyl (C=O) groups excluding carboxylic acids is 3. The second-order valence-electron chi connectivity index (χ2n) is 6.76. The second kappa shape index (κ2) is 10.4. The number of benzene rings is 3. The van der Waals surface area contributed by atoms with Crippen LogP contribution in [0.15, 0.2) is 77.7 Å². The first-order valence-electron chi connectivity index (χ1n) is 9.51. The van der Waals surface area contributed by atoms with E-state index in [-0.39, 0.29) is 28.7 Å². The molecule has 0 aliphatic rings. The van der Waals surface area contributed by atoms with Crippen LogP contribution in [-0.4, -0.2) is 28.3 Å². The van der Waals surface area contributed by atoms with Crippen LogP contribution in [0.1, 0.15) is 27.6 Å². The van der Waals surface area contributed by atoms with Crippen LogP contribution in [0.3, 0.4) is 0 Å². The van der Waals surface area contributed by atoms with Crippen molar-refractivity contribution in [3.8, 4) is 0 Å². The SMILES string of the molecule is CC(=O)c1ccc(NC(=O)CSc2ccc(NC(=O)c3cccc([N+](=O)[O-])c3)cc2)cc1. The lowest BCUT2D eigenvalue weighted by Crippen LogP contribution is -2.14. The van der Waals surface area contributed by atoms with E-state index >= 15 is 0 Å². The van der Waals surface area contributed by atoms with E-state index in [1.807, 2.05) is 0 Å². The first-order chi connectivity index (χ1) is 15.3. The fourth-order valence-corrected chi connectivity index (χ4v) is 3.43. The predicted octanol–water partition coefficient (Wildman–Crippen LogP) is 4.78. The Bertz CT molecular complexity index is 1160. The van der Waals surface area contributed by atoms with Gasteiger partial charge in [-0.2, -0.15) is 0 Å². The van der Waals surface area contributed by atoms with Gasteiger partial charge in [0.25, 0.3) is 11.6 Å². The fourth-order valence-electron chi connectivity index (χ4n) is 2.73. The number of thioether (sulfide) groups is 1. The molecule has 8 nitrogen and oxygen atoms in total. The Morgan fingerprint density at radius 3 is 2.12 bits per heavy atom. The molecule has 0 atom stereocenters. The van der Waals surface area contributed by atoms with Crippen molar-refractivity contribution in [3.05, 3.63) is 94.0 Å². The highest BCUT2D eigenvalue weighted by Crippen LogP contribution is 2.22. The van der Waals surface area contributed by atoms with Gasteiger partial charge in [-0.3, -0.25) is 24.5 Å². The number of nitrogens with zero attached hydrogens (tertiary/aromatic N) is 1. The van der Waals surface area contributed by atoms with Crippen molar-refractivity contribution in [3.63, 3.8) is 0 Å². The number of ketones is 1. The maximum absolute atomic E-state index is 12.3. The van der Waals surface area contributed by atoms with Gasteiger partial charge in [-0.05, 0) is 61.5 Å². The Morgan fingerprint density at radius 2 is 1.50 bits per heavy atom. The van der Waals surface area contributed by atoms with E-state index < -0.39 is 10.8 Å². The van der Waals surface area contributed by atoms with Gasteiger partial charge in [0.15, 0.2) is 5.78 Å². The van der Waals surface area contributed by atoms with Gasteiger partial charge in [0.2, 0.25) is 5.91 Å². The molecule has 0 aliphatic carbocycles. The van der Waals surface area contributed by atoms with Crippen molar-refractivity contribution in [2.24, 2.45) is 0 Å². The van der Waals surface area contributed by atoms with Gasteiger partial charge in [0.05, 0.1) is 10.7 Å². The molecule has 9 heteroatoms. The van der Waals surface area contributed by atoms with Crippen LogP contribution in [0, 0.1) is 10.1 Å². The first kappa shape index (κ1) is 22.7. The predicted molar refractivity (Wildman–Crippen MR) is 123 cm³/mol. The number of nitro benzene ring substituents is 1. The van der Waals surface area contributed by atoms with Gasteiger partial charge in [0, 0.05) is 39.5 Å². The number of hydrogen-bond acceptors (Lipinski definition) is 6. The van der Waals surface area contributed by atoms with E-state index in [1.165, 1.54) is 43.0 Å². The maximum atomic E-state index is 12.3. The third-order valence-electron chi connectivity index (χ3n) is 4.38. The lowest BCUT2D eigenvalue weighted by Gasteiger charge is -2.08. The van der Waals surface area contributed by atoms with Crippen molar-refractivity contribution in [1.82, 2.24) is 0 Å². The molecule has 0 fully saturated rings. The van der Waals surface area contributed by atoms with E-state index in [0.29, 0.717) is 16.9 Å². The maximum Gasteiger partial charge on any atom is 0.270 e. The highest BCUT2D eigenvalue weighted by molar-refractivity contribution is 8.00. The van der Waals surface area contributed by atoms with E-state index in [4.69, 9.17) is 0 Å². The molecule has 3 aromatic rings. The van der Waals surface area contributed by atoms with Crippen molar-refractivity contribution < 1.29 is 19.3 Å². The van der Waals surface area contributed by atoms with Gasteiger partial charge in [-0.25, -0.2) is 0 Å². The molecule has 0 bridgehead atoms. The number of amides is 2. The molecular weight excluding hydrogens is 430 g/mol. The molecule has 32 heavy (non-hydrogen) atoms. The van der Waals surface area contributed by atoms with Crippen molar-refractivity contribution >= 4 is 46.4 Å². The molecule has 2 N–H and O–H groups in total. The molecule has 0 saturated heterocycles. The number of carbonyl (C=O) groups is 3. The summed E-state index contributed by atoms with van der Waals surface area (Å²) in [7, 11) is 0. The van der Waals surface area contributed by atoms with E-state index in [0.717, 1.165) is 4.90 Å². The topological polar surface area (TPSA) is 118 Å². The molecule has 0 saturated carbocycles. The number of rotatable bonds is 8. The van der Waals surface area contributed by atoms with Gasteiger partial charge in [-0.15, -0.1) is 11.8 Å². The number of non-ortho nitro benzene ring substituents is 1. The summed E-state index contributed by atoms with van der Waals surface area (Å²) in [5.41, 5.74) is 1.75. The molecule has 162 valence electrons. The zero-order chi connectivity index (χ0) is 23.1. The summed E-state index contributed by atoms with van der Waals surface area (Å²) in [5, 5.41) is 16.3. The minimum Gasteiger partial charge on any atom is -0.325 e. The van der Waals surface area contributed by atoms with E-state index in [9.17, 15) is 24.5 Å². The summed E-state index contributed by atoms with van der Waals surface area (Å²) in [6.07, 6.45) is 0. The smallest absolute Gasteiger partial charge is 0.270 e. The molecule has 3 aromatic carbocycles. The number of hydrogen-bond donors (Lipinski definition) is 2. The van der Waals surface area contributed by atoms with Crippen LogP contribution in [0.25, 0.3) is 0 Å². The summed E-state index contributed by atoms with van der Waals surface area (Å²) in [5.74, 6) is -0.491. The molecular formula is C23H19N3O5S. The standard InChI is InChI=1S/C23H19N3O5S/c1-15(27)16-5-7-18(8-6-16)24-22(28)14-32-21-11-9-19(10-12-21)25-23(29)17-3-2-4-20(13-17)26(30)31/h2-13H,14H2,1H3,(H,24,28)(H,25,29). The van der Waals surface area contributed by atoms with Crippen molar-refractivity contribution in [2.75, 3.05) is 16.4 Å².